The zero-order valence-electron chi connectivity index (χ0n) is 13.4. The topological polar surface area (TPSA) is 59.5 Å². The van der Waals surface area contributed by atoms with Gasteiger partial charge in [0.15, 0.2) is 0 Å². The predicted molar refractivity (Wildman–Crippen MR) is 90.0 cm³/mol. The molecule has 1 aliphatic carbocycles. The molecule has 2 aromatic rings. The van der Waals surface area contributed by atoms with Crippen molar-refractivity contribution in [2.24, 2.45) is 11.3 Å². The summed E-state index contributed by atoms with van der Waals surface area (Å²) in [5.74, 6) is 0.359. The summed E-state index contributed by atoms with van der Waals surface area (Å²) in [6.45, 7) is 1.88. The minimum atomic E-state index is -3.54. The van der Waals surface area contributed by atoms with Gasteiger partial charge >= 0.3 is 0 Å². The van der Waals surface area contributed by atoms with Gasteiger partial charge < -0.3 is 4.74 Å². The average Bonchev–Trinajstić information content (AvgIpc) is 3.14. The highest BCUT2D eigenvalue weighted by Gasteiger charge is 2.60. The lowest BCUT2D eigenvalue weighted by molar-refractivity contribution is 0.0601. The van der Waals surface area contributed by atoms with Crippen LogP contribution in [0.3, 0.4) is 0 Å². The van der Waals surface area contributed by atoms with Crippen LogP contribution < -0.4 is 0 Å². The molecular weight excluding hydrogens is 324 g/mol. The summed E-state index contributed by atoms with van der Waals surface area (Å²) < 4.78 is 34.3. The minimum Gasteiger partial charge on any atom is -0.379 e. The van der Waals surface area contributed by atoms with Gasteiger partial charge in [0.2, 0.25) is 10.0 Å². The van der Waals surface area contributed by atoms with E-state index in [1.54, 1.807) is 34.9 Å². The molecule has 126 valence electrons. The molecule has 2 saturated heterocycles. The Labute approximate surface area is 141 Å². The first-order chi connectivity index (χ1) is 11.6. The largest absolute Gasteiger partial charge is 0.379 e. The van der Waals surface area contributed by atoms with E-state index in [4.69, 9.17) is 4.74 Å². The quantitative estimate of drug-likeness (QED) is 0.839. The van der Waals surface area contributed by atoms with E-state index in [0.29, 0.717) is 30.6 Å². The standard InChI is InChI=1S/C18H20N2O3S/c21-24(22,17-4-1-3-13-9-19-8-5-14(13)17)20-12-18(6-2-7-18)15-10-23-11-16(15)20/h1,3-5,8-9,15-16H,2,6-7,10-12H2/t15-,16-/m0/s1. The fourth-order valence-electron chi connectivity index (χ4n) is 4.82. The molecule has 3 aliphatic rings. The summed E-state index contributed by atoms with van der Waals surface area (Å²) in [7, 11) is -3.54. The molecule has 0 bridgehead atoms. The van der Waals surface area contributed by atoms with Gasteiger partial charge in [0, 0.05) is 35.6 Å². The molecule has 1 aromatic carbocycles. The van der Waals surface area contributed by atoms with Crippen LogP contribution in [0.5, 0.6) is 0 Å². The summed E-state index contributed by atoms with van der Waals surface area (Å²) >= 11 is 0. The zero-order valence-corrected chi connectivity index (χ0v) is 14.2. The second kappa shape index (κ2) is 5.00. The third kappa shape index (κ3) is 1.87. The Morgan fingerprint density at radius 3 is 2.88 bits per heavy atom. The molecule has 0 N–H and O–H groups in total. The number of ether oxygens (including phenoxy) is 1. The Kier molecular flexibility index (Phi) is 3.09. The van der Waals surface area contributed by atoms with Crippen molar-refractivity contribution in [1.82, 2.24) is 9.29 Å². The lowest BCUT2D eigenvalue weighted by Crippen LogP contribution is -2.39. The zero-order chi connectivity index (χ0) is 16.4. The monoisotopic (exact) mass is 344 g/mol. The van der Waals surface area contributed by atoms with Gasteiger partial charge in [0.1, 0.15) is 0 Å². The summed E-state index contributed by atoms with van der Waals surface area (Å²) in [6, 6.07) is 7.20. The van der Waals surface area contributed by atoms with Crippen molar-refractivity contribution in [2.75, 3.05) is 19.8 Å². The van der Waals surface area contributed by atoms with Crippen LogP contribution in [0, 0.1) is 11.3 Å². The Hall–Kier alpha value is -1.50. The number of pyridine rings is 1. The van der Waals surface area contributed by atoms with Crippen LogP contribution >= 0.6 is 0 Å². The van der Waals surface area contributed by atoms with Crippen molar-refractivity contribution in [3.05, 3.63) is 36.7 Å². The molecule has 2 aliphatic heterocycles. The van der Waals surface area contributed by atoms with Crippen LogP contribution in [0.25, 0.3) is 10.8 Å². The van der Waals surface area contributed by atoms with E-state index in [1.165, 1.54) is 6.42 Å². The van der Waals surface area contributed by atoms with Gasteiger partial charge in [0.05, 0.1) is 24.2 Å². The van der Waals surface area contributed by atoms with Crippen LogP contribution in [0.15, 0.2) is 41.6 Å². The number of fused-ring (bicyclic) bond motifs is 3. The molecule has 1 aromatic heterocycles. The SMILES string of the molecule is O=S(=O)(c1cccc2cnccc12)N1CC2(CCC2)[C@H]2COC[C@@H]21. The van der Waals surface area contributed by atoms with E-state index in [9.17, 15) is 8.42 Å². The van der Waals surface area contributed by atoms with Crippen molar-refractivity contribution in [1.29, 1.82) is 0 Å². The molecule has 0 radical (unpaired) electrons. The maximum Gasteiger partial charge on any atom is 0.244 e. The summed E-state index contributed by atoms with van der Waals surface area (Å²) in [4.78, 5) is 4.50. The van der Waals surface area contributed by atoms with Gasteiger partial charge in [-0.2, -0.15) is 4.31 Å². The van der Waals surface area contributed by atoms with E-state index in [1.807, 2.05) is 6.07 Å². The normalized spacial score (nSPS) is 29.0. The lowest BCUT2D eigenvalue weighted by atomic mass is 9.62. The van der Waals surface area contributed by atoms with Crippen molar-refractivity contribution in [3.8, 4) is 0 Å². The Bertz CT molecular complexity index is 902. The maximum absolute atomic E-state index is 13.5. The molecule has 5 rings (SSSR count). The third-order valence-electron chi connectivity index (χ3n) is 6.25. The molecule has 0 unspecified atom stereocenters. The summed E-state index contributed by atoms with van der Waals surface area (Å²) in [5.41, 5.74) is 0.153. The van der Waals surface area contributed by atoms with Crippen LogP contribution in [0.4, 0.5) is 0 Å². The number of benzene rings is 1. The molecular formula is C18H20N2O3S. The van der Waals surface area contributed by atoms with Gasteiger partial charge in [-0.25, -0.2) is 8.42 Å². The highest BCUT2D eigenvalue weighted by atomic mass is 32.2. The molecule has 1 saturated carbocycles. The molecule has 3 heterocycles. The first-order valence-electron chi connectivity index (χ1n) is 8.54. The van der Waals surface area contributed by atoms with E-state index in [0.717, 1.165) is 23.6 Å². The van der Waals surface area contributed by atoms with Crippen LogP contribution in [-0.2, 0) is 14.8 Å². The number of nitrogens with zero attached hydrogens (tertiary/aromatic N) is 2. The highest BCUT2D eigenvalue weighted by Crippen LogP contribution is 2.56. The molecule has 6 heteroatoms. The molecule has 3 fully saturated rings. The Morgan fingerprint density at radius 1 is 1.21 bits per heavy atom. The van der Waals surface area contributed by atoms with Gasteiger partial charge in [-0.1, -0.05) is 18.6 Å². The van der Waals surface area contributed by atoms with Crippen LogP contribution in [0.2, 0.25) is 0 Å². The number of aromatic nitrogens is 1. The van der Waals surface area contributed by atoms with Gasteiger partial charge in [-0.3, -0.25) is 4.98 Å². The second-order valence-corrected chi connectivity index (χ2v) is 9.19. The van der Waals surface area contributed by atoms with Crippen LogP contribution in [-0.4, -0.2) is 43.5 Å². The van der Waals surface area contributed by atoms with Crippen molar-refractivity contribution < 1.29 is 13.2 Å². The number of hydrogen-bond acceptors (Lipinski definition) is 4. The van der Waals surface area contributed by atoms with E-state index >= 15 is 0 Å². The van der Waals surface area contributed by atoms with Crippen molar-refractivity contribution in [3.63, 3.8) is 0 Å². The van der Waals surface area contributed by atoms with Gasteiger partial charge in [-0.15, -0.1) is 0 Å². The fourth-order valence-corrected chi connectivity index (χ4v) is 6.78. The smallest absolute Gasteiger partial charge is 0.244 e. The highest BCUT2D eigenvalue weighted by molar-refractivity contribution is 7.89. The summed E-state index contributed by atoms with van der Waals surface area (Å²) in [5, 5.41) is 1.60. The van der Waals surface area contributed by atoms with Crippen molar-refractivity contribution in [2.45, 2.75) is 30.2 Å². The molecule has 0 amide bonds. The fraction of sp³-hybridized carbons (Fsp3) is 0.500. The van der Waals surface area contributed by atoms with Crippen molar-refractivity contribution >= 4 is 20.8 Å². The van der Waals surface area contributed by atoms with Gasteiger partial charge in [0.25, 0.3) is 0 Å². The molecule has 2 atom stereocenters. The average molecular weight is 344 g/mol. The third-order valence-corrected chi connectivity index (χ3v) is 8.18. The minimum absolute atomic E-state index is 0.00704. The lowest BCUT2D eigenvalue weighted by Gasteiger charge is -2.42. The van der Waals surface area contributed by atoms with E-state index < -0.39 is 10.0 Å². The Balaban J connectivity index is 1.62. The maximum atomic E-state index is 13.5. The Morgan fingerprint density at radius 2 is 2.08 bits per heavy atom. The number of rotatable bonds is 2. The number of sulfonamides is 1. The second-order valence-electron chi connectivity index (χ2n) is 7.33. The summed E-state index contributed by atoms with van der Waals surface area (Å²) in [6.07, 6.45) is 6.83. The number of hydrogen-bond donors (Lipinski definition) is 0. The van der Waals surface area contributed by atoms with Crippen LogP contribution in [0.1, 0.15) is 19.3 Å². The first kappa shape index (κ1) is 14.8. The predicted octanol–water partition coefficient (Wildman–Crippen LogP) is 2.42. The van der Waals surface area contributed by atoms with Gasteiger partial charge in [-0.05, 0) is 30.4 Å². The molecule has 5 nitrogen and oxygen atoms in total. The van der Waals surface area contributed by atoms with E-state index in [2.05, 4.69) is 4.98 Å². The molecule has 1 spiro atoms. The molecule has 24 heavy (non-hydrogen) atoms. The first-order valence-corrected chi connectivity index (χ1v) is 9.98. The van der Waals surface area contributed by atoms with E-state index in [-0.39, 0.29) is 11.5 Å².